The Morgan fingerprint density at radius 3 is 2.89 bits per heavy atom. The summed E-state index contributed by atoms with van der Waals surface area (Å²) in [4.78, 5) is 0. The first-order valence-corrected chi connectivity index (χ1v) is 8.02. The van der Waals surface area contributed by atoms with Crippen LogP contribution in [0, 0.1) is 0 Å². The van der Waals surface area contributed by atoms with Crippen LogP contribution >= 0.6 is 11.8 Å². The first-order valence-electron chi connectivity index (χ1n) is 6.63. The molecule has 0 saturated carbocycles. The van der Waals surface area contributed by atoms with Gasteiger partial charge in [0, 0.05) is 30.2 Å². The Bertz CT molecular complexity index is 490. The average molecular weight is 262 g/mol. The van der Waals surface area contributed by atoms with Gasteiger partial charge in [0.15, 0.2) is 0 Å². The van der Waals surface area contributed by atoms with Crippen molar-refractivity contribution in [3.05, 3.63) is 36.0 Å². The maximum Gasteiger partial charge on any atom is 0.0483 e. The topological polar surface area (TPSA) is 17.0 Å². The molecule has 1 aromatic heterocycles. The van der Waals surface area contributed by atoms with Gasteiger partial charge >= 0.3 is 0 Å². The van der Waals surface area contributed by atoms with Gasteiger partial charge in [-0.3, -0.25) is 0 Å². The fourth-order valence-electron chi connectivity index (χ4n) is 2.29. The zero-order valence-electron chi connectivity index (χ0n) is 11.3. The molecule has 0 radical (unpaired) electrons. The summed E-state index contributed by atoms with van der Waals surface area (Å²) in [6, 6.07) is 8.71. The Morgan fingerprint density at radius 1 is 1.28 bits per heavy atom. The summed E-state index contributed by atoms with van der Waals surface area (Å²) in [5.41, 5.74) is 2.78. The van der Waals surface area contributed by atoms with E-state index in [1.165, 1.54) is 28.6 Å². The molecule has 1 aromatic carbocycles. The first kappa shape index (κ1) is 13.5. The number of nitrogens with one attached hydrogen (secondary N) is 1. The first-order chi connectivity index (χ1) is 8.86. The summed E-state index contributed by atoms with van der Waals surface area (Å²) in [5.74, 6) is 1.23. The predicted molar refractivity (Wildman–Crippen MR) is 82.3 cm³/mol. The summed E-state index contributed by atoms with van der Waals surface area (Å²) in [6.45, 7) is 5.25. The minimum absolute atomic E-state index is 0.965. The number of aromatic nitrogens is 1. The van der Waals surface area contributed by atoms with Crippen molar-refractivity contribution in [3.63, 3.8) is 0 Å². The van der Waals surface area contributed by atoms with E-state index in [4.69, 9.17) is 0 Å². The van der Waals surface area contributed by atoms with Gasteiger partial charge in [-0.2, -0.15) is 11.8 Å². The number of para-hydroxylation sites is 1. The van der Waals surface area contributed by atoms with Crippen LogP contribution in [0.25, 0.3) is 10.9 Å². The minimum Gasteiger partial charge on any atom is -0.347 e. The van der Waals surface area contributed by atoms with Crippen molar-refractivity contribution in [3.8, 4) is 0 Å². The monoisotopic (exact) mass is 262 g/mol. The van der Waals surface area contributed by atoms with Crippen molar-refractivity contribution in [1.82, 2.24) is 9.88 Å². The lowest BCUT2D eigenvalue weighted by atomic mass is 10.2. The molecule has 0 saturated heterocycles. The SMILES string of the molecule is CCNCc1cn(CCCSC)c2ccccc12. The van der Waals surface area contributed by atoms with E-state index in [1.54, 1.807) is 0 Å². The molecule has 1 heterocycles. The molecule has 0 bridgehead atoms. The van der Waals surface area contributed by atoms with E-state index in [9.17, 15) is 0 Å². The van der Waals surface area contributed by atoms with E-state index in [1.807, 2.05) is 11.8 Å². The second-order valence-electron chi connectivity index (χ2n) is 4.49. The molecule has 3 heteroatoms. The van der Waals surface area contributed by atoms with Crippen LogP contribution in [-0.4, -0.2) is 23.1 Å². The number of benzene rings is 1. The maximum absolute atomic E-state index is 3.42. The van der Waals surface area contributed by atoms with Crippen molar-refractivity contribution in [2.45, 2.75) is 26.4 Å². The van der Waals surface area contributed by atoms with Gasteiger partial charge in [-0.25, -0.2) is 0 Å². The average Bonchev–Trinajstić information content (AvgIpc) is 2.76. The smallest absolute Gasteiger partial charge is 0.0483 e. The lowest BCUT2D eigenvalue weighted by Crippen LogP contribution is -2.11. The predicted octanol–water partition coefficient (Wildman–Crippen LogP) is 3.50. The van der Waals surface area contributed by atoms with E-state index < -0.39 is 0 Å². The summed E-state index contributed by atoms with van der Waals surface area (Å²) in [5, 5.41) is 4.81. The van der Waals surface area contributed by atoms with Gasteiger partial charge < -0.3 is 9.88 Å². The van der Waals surface area contributed by atoms with Crippen molar-refractivity contribution in [2.24, 2.45) is 0 Å². The lowest BCUT2D eigenvalue weighted by molar-refractivity contribution is 0.693. The summed E-state index contributed by atoms with van der Waals surface area (Å²) < 4.78 is 2.40. The lowest BCUT2D eigenvalue weighted by Gasteiger charge is -2.03. The minimum atomic E-state index is 0.965. The summed E-state index contributed by atoms with van der Waals surface area (Å²) in [7, 11) is 0. The fourth-order valence-corrected chi connectivity index (χ4v) is 2.71. The van der Waals surface area contributed by atoms with Crippen molar-refractivity contribution < 1.29 is 0 Å². The normalized spacial score (nSPS) is 11.2. The van der Waals surface area contributed by atoms with Crippen LogP contribution in [0.15, 0.2) is 30.5 Å². The number of rotatable bonds is 7. The second-order valence-corrected chi connectivity index (χ2v) is 5.48. The van der Waals surface area contributed by atoms with Crippen LogP contribution in [0.1, 0.15) is 18.9 Å². The van der Waals surface area contributed by atoms with Crippen LogP contribution in [0.3, 0.4) is 0 Å². The quantitative estimate of drug-likeness (QED) is 0.769. The molecule has 0 aliphatic heterocycles. The molecule has 0 fully saturated rings. The van der Waals surface area contributed by atoms with E-state index in [2.05, 4.69) is 53.5 Å². The Morgan fingerprint density at radius 2 is 2.11 bits per heavy atom. The van der Waals surface area contributed by atoms with Crippen LogP contribution in [0.2, 0.25) is 0 Å². The Kier molecular flexibility index (Phi) is 5.14. The van der Waals surface area contributed by atoms with Crippen LogP contribution < -0.4 is 5.32 Å². The molecule has 2 rings (SSSR count). The van der Waals surface area contributed by atoms with Gasteiger partial charge in [-0.05, 0) is 36.6 Å². The van der Waals surface area contributed by atoms with E-state index in [0.29, 0.717) is 0 Å². The number of aryl methyl sites for hydroxylation is 1. The molecule has 18 heavy (non-hydrogen) atoms. The number of hydrogen-bond donors (Lipinski definition) is 1. The second kappa shape index (κ2) is 6.86. The van der Waals surface area contributed by atoms with Gasteiger partial charge in [-0.1, -0.05) is 25.1 Å². The number of hydrogen-bond acceptors (Lipinski definition) is 2. The Balaban J connectivity index is 2.23. The highest BCUT2D eigenvalue weighted by Crippen LogP contribution is 2.21. The van der Waals surface area contributed by atoms with Gasteiger partial charge in [0.2, 0.25) is 0 Å². The highest BCUT2D eigenvalue weighted by Gasteiger charge is 2.06. The number of fused-ring (bicyclic) bond motifs is 1. The third-order valence-corrected chi connectivity index (χ3v) is 3.88. The molecular weight excluding hydrogens is 240 g/mol. The van der Waals surface area contributed by atoms with Crippen molar-refractivity contribution in [1.29, 1.82) is 0 Å². The van der Waals surface area contributed by atoms with E-state index in [-0.39, 0.29) is 0 Å². The third-order valence-electron chi connectivity index (χ3n) is 3.18. The molecule has 0 unspecified atom stereocenters. The standard InChI is InChI=1S/C15H22N2S/c1-3-16-11-13-12-17(9-6-10-18-2)15-8-5-4-7-14(13)15/h4-5,7-8,12,16H,3,6,9-11H2,1-2H3. The van der Waals surface area contributed by atoms with Gasteiger partial charge in [0.25, 0.3) is 0 Å². The molecule has 0 amide bonds. The molecule has 0 aliphatic rings. The Labute approximate surface area is 114 Å². The number of thioether (sulfide) groups is 1. The summed E-state index contributed by atoms with van der Waals surface area (Å²) in [6.07, 6.45) is 5.72. The molecule has 0 aliphatic carbocycles. The Hall–Kier alpha value is -0.930. The molecule has 1 N–H and O–H groups in total. The third kappa shape index (κ3) is 3.09. The van der Waals surface area contributed by atoms with Crippen LogP contribution in [-0.2, 0) is 13.1 Å². The number of nitrogens with zero attached hydrogens (tertiary/aromatic N) is 1. The molecular formula is C15H22N2S. The maximum atomic E-state index is 3.42. The van der Waals surface area contributed by atoms with Gasteiger partial charge in [-0.15, -0.1) is 0 Å². The molecule has 2 aromatic rings. The molecule has 98 valence electrons. The van der Waals surface area contributed by atoms with Crippen LogP contribution in [0.5, 0.6) is 0 Å². The molecule has 0 atom stereocenters. The zero-order chi connectivity index (χ0) is 12.8. The van der Waals surface area contributed by atoms with Gasteiger partial charge in [0.05, 0.1) is 0 Å². The fraction of sp³-hybridized carbons (Fsp3) is 0.467. The largest absolute Gasteiger partial charge is 0.347 e. The highest BCUT2D eigenvalue weighted by atomic mass is 32.2. The van der Waals surface area contributed by atoms with Crippen LogP contribution in [0.4, 0.5) is 0 Å². The molecule has 0 spiro atoms. The van der Waals surface area contributed by atoms with Crippen molar-refractivity contribution >= 4 is 22.7 Å². The molecule has 2 nitrogen and oxygen atoms in total. The van der Waals surface area contributed by atoms with E-state index >= 15 is 0 Å². The summed E-state index contributed by atoms with van der Waals surface area (Å²) >= 11 is 1.92. The van der Waals surface area contributed by atoms with Crippen molar-refractivity contribution in [2.75, 3.05) is 18.6 Å². The zero-order valence-corrected chi connectivity index (χ0v) is 12.1. The van der Waals surface area contributed by atoms with Gasteiger partial charge in [0.1, 0.15) is 0 Å². The highest BCUT2D eigenvalue weighted by molar-refractivity contribution is 7.98. The van der Waals surface area contributed by atoms with E-state index in [0.717, 1.165) is 19.6 Å².